The topological polar surface area (TPSA) is 65.5 Å². The minimum atomic E-state index is -0.400. The molecule has 0 aliphatic carbocycles. The number of hydrogen-bond donors (Lipinski definition) is 2. The monoisotopic (exact) mass is 389 g/mol. The van der Waals surface area contributed by atoms with Crippen LogP contribution in [0.5, 0.6) is 0 Å². The molecule has 5 nitrogen and oxygen atoms in total. The molecular formula is C18H20BrN3O2. The lowest BCUT2D eigenvalue weighted by atomic mass is 9.96. The predicted molar refractivity (Wildman–Crippen MR) is 98.3 cm³/mol. The van der Waals surface area contributed by atoms with Gasteiger partial charge in [0, 0.05) is 29.4 Å². The van der Waals surface area contributed by atoms with E-state index >= 15 is 0 Å². The van der Waals surface area contributed by atoms with Crippen LogP contribution in [-0.2, 0) is 0 Å². The van der Waals surface area contributed by atoms with Gasteiger partial charge in [0.15, 0.2) is 0 Å². The molecule has 0 spiro atoms. The number of aliphatic hydroxyl groups excluding tert-OH is 1. The Hall–Kier alpha value is -1.92. The van der Waals surface area contributed by atoms with Crippen LogP contribution in [0.2, 0.25) is 0 Å². The maximum Gasteiger partial charge on any atom is 0.259 e. The molecule has 0 radical (unpaired) electrons. The third-order valence-corrected chi connectivity index (χ3v) is 4.88. The molecule has 2 heterocycles. The third-order valence-electron chi connectivity index (χ3n) is 4.35. The lowest BCUT2D eigenvalue weighted by Gasteiger charge is -2.35. The van der Waals surface area contributed by atoms with Gasteiger partial charge in [0.05, 0.1) is 11.7 Å². The molecule has 2 unspecified atom stereocenters. The predicted octanol–water partition coefficient (Wildman–Crippen LogP) is 3.30. The SMILES string of the molecule is CC1CCN(c2ncccc2C(=O)Nc2ccc(Br)cc2)CC1O. The summed E-state index contributed by atoms with van der Waals surface area (Å²) in [6.07, 6.45) is 2.16. The van der Waals surface area contributed by atoms with Crippen molar-refractivity contribution >= 4 is 33.3 Å². The number of β-amino-alcohol motifs (C(OH)–C–C–N with tert-alkyl or cyclic N) is 1. The van der Waals surface area contributed by atoms with Gasteiger partial charge in [0.25, 0.3) is 5.91 Å². The second kappa shape index (κ2) is 7.32. The lowest BCUT2D eigenvalue weighted by molar-refractivity contribution is 0.1000. The minimum absolute atomic E-state index is 0.200. The van der Waals surface area contributed by atoms with Gasteiger partial charge >= 0.3 is 0 Å². The number of carbonyl (C=O) groups excluding carboxylic acids is 1. The van der Waals surface area contributed by atoms with Crippen molar-refractivity contribution in [2.75, 3.05) is 23.3 Å². The molecule has 1 fully saturated rings. The number of halogens is 1. The van der Waals surface area contributed by atoms with Gasteiger partial charge in [0.1, 0.15) is 5.82 Å². The molecule has 1 saturated heterocycles. The zero-order valence-corrected chi connectivity index (χ0v) is 15.0. The Morgan fingerprint density at radius 1 is 1.33 bits per heavy atom. The van der Waals surface area contributed by atoms with E-state index in [1.807, 2.05) is 36.1 Å². The highest BCUT2D eigenvalue weighted by molar-refractivity contribution is 9.10. The number of carbonyl (C=O) groups is 1. The van der Waals surface area contributed by atoms with Gasteiger partial charge in [-0.15, -0.1) is 0 Å². The van der Waals surface area contributed by atoms with Gasteiger partial charge < -0.3 is 15.3 Å². The average molecular weight is 390 g/mol. The highest BCUT2D eigenvalue weighted by atomic mass is 79.9. The normalized spacial score (nSPS) is 20.7. The molecule has 1 aliphatic rings. The van der Waals surface area contributed by atoms with Crippen molar-refractivity contribution in [3.63, 3.8) is 0 Å². The van der Waals surface area contributed by atoms with Crippen LogP contribution in [0, 0.1) is 5.92 Å². The number of anilines is 2. The Labute approximate surface area is 149 Å². The Kier molecular flexibility index (Phi) is 5.16. The highest BCUT2D eigenvalue weighted by Gasteiger charge is 2.27. The maximum atomic E-state index is 12.7. The number of benzene rings is 1. The summed E-state index contributed by atoms with van der Waals surface area (Å²) in [5.41, 5.74) is 1.24. The molecule has 2 aromatic rings. The largest absolute Gasteiger partial charge is 0.391 e. The summed E-state index contributed by atoms with van der Waals surface area (Å²) >= 11 is 3.38. The van der Waals surface area contributed by atoms with Crippen LogP contribution in [0.4, 0.5) is 11.5 Å². The third kappa shape index (κ3) is 3.76. The van der Waals surface area contributed by atoms with E-state index in [0.717, 1.165) is 23.1 Å². The number of piperidine rings is 1. The fourth-order valence-corrected chi connectivity index (χ4v) is 3.06. The smallest absolute Gasteiger partial charge is 0.259 e. The second-order valence-electron chi connectivity index (χ2n) is 6.11. The first-order valence-electron chi connectivity index (χ1n) is 7.99. The van der Waals surface area contributed by atoms with E-state index in [2.05, 4.69) is 26.2 Å². The first-order valence-corrected chi connectivity index (χ1v) is 8.79. The molecule has 1 aliphatic heterocycles. The van der Waals surface area contributed by atoms with Crippen LogP contribution < -0.4 is 10.2 Å². The molecule has 0 bridgehead atoms. The summed E-state index contributed by atoms with van der Waals surface area (Å²) in [5, 5.41) is 13.0. The van der Waals surface area contributed by atoms with E-state index in [-0.39, 0.29) is 11.8 Å². The van der Waals surface area contributed by atoms with E-state index in [9.17, 15) is 9.90 Å². The number of rotatable bonds is 3. The highest BCUT2D eigenvalue weighted by Crippen LogP contribution is 2.25. The summed E-state index contributed by atoms with van der Waals surface area (Å²) in [6, 6.07) is 10.9. The van der Waals surface area contributed by atoms with E-state index in [1.54, 1.807) is 18.3 Å². The van der Waals surface area contributed by atoms with Gasteiger partial charge in [-0.05, 0) is 48.7 Å². The number of hydrogen-bond acceptors (Lipinski definition) is 4. The summed E-state index contributed by atoms with van der Waals surface area (Å²) in [7, 11) is 0. The van der Waals surface area contributed by atoms with Crippen molar-refractivity contribution in [1.29, 1.82) is 0 Å². The van der Waals surface area contributed by atoms with Crippen molar-refractivity contribution in [2.24, 2.45) is 5.92 Å². The van der Waals surface area contributed by atoms with Crippen LogP contribution >= 0.6 is 15.9 Å². The second-order valence-corrected chi connectivity index (χ2v) is 7.03. The summed E-state index contributed by atoms with van der Waals surface area (Å²) < 4.78 is 0.957. The Balaban J connectivity index is 1.81. The number of aromatic nitrogens is 1. The molecule has 2 atom stereocenters. The number of nitrogens with one attached hydrogen (secondary N) is 1. The first-order chi connectivity index (χ1) is 11.5. The first kappa shape index (κ1) is 16.9. The van der Waals surface area contributed by atoms with Gasteiger partial charge in [0.2, 0.25) is 0 Å². The molecule has 0 saturated carbocycles. The molecule has 126 valence electrons. The maximum absolute atomic E-state index is 12.7. The van der Waals surface area contributed by atoms with Gasteiger partial charge in [-0.2, -0.15) is 0 Å². The lowest BCUT2D eigenvalue weighted by Crippen LogP contribution is -2.44. The van der Waals surface area contributed by atoms with E-state index in [1.165, 1.54) is 0 Å². The summed E-state index contributed by atoms with van der Waals surface area (Å²) in [5.74, 6) is 0.691. The number of nitrogens with zero attached hydrogens (tertiary/aromatic N) is 2. The zero-order valence-electron chi connectivity index (χ0n) is 13.4. The molecule has 6 heteroatoms. The van der Waals surface area contributed by atoms with Crippen molar-refractivity contribution in [3.05, 3.63) is 52.6 Å². The molecule has 1 aromatic heterocycles. The Morgan fingerprint density at radius 3 is 2.79 bits per heavy atom. The Morgan fingerprint density at radius 2 is 2.08 bits per heavy atom. The fraction of sp³-hybridized carbons (Fsp3) is 0.333. The van der Waals surface area contributed by atoms with Crippen molar-refractivity contribution in [2.45, 2.75) is 19.4 Å². The summed E-state index contributed by atoms with van der Waals surface area (Å²) in [4.78, 5) is 19.0. The molecular weight excluding hydrogens is 370 g/mol. The van der Waals surface area contributed by atoms with E-state index in [4.69, 9.17) is 0 Å². The quantitative estimate of drug-likeness (QED) is 0.844. The zero-order chi connectivity index (χ0) is 17.1. The van der Waals surface area contributed by atoms with Gasteiger partial charge in [-0.3, -0.25) is 4.79 Å². The summed E-state index contributed by atoms with van der Waals surface area (Å²) in [6.45, 7) is 3.33. The van der Waals surface area contributed by atoms with Crippen molar-refractivity contribution < 1.29 is 9.90 Å². The van der Waals surface area contributed by atoms with Crippen molar-refractivity contribution in [3.8, 4) is 0 Å². The Bertz CT molecular complexity index is 720. The van der Waals surface area contributed by atoms with E-state index < -0.39 is 6.10 Å². The van der Waals surface area contributed by atoms with Crippen LogP contribution in [0.3, 0.4) is 0 Å². The molecule has 2 N–H and O–H groups in total. The van der Waals surface area contributed by atoms with Crippen molar-refractivity contribution in [1.82, 2.24) is 4.98 Å². The van der Waals surface area contributed by atoms with Gasteiger partial charge in [-0.25, -0.2) is 4.98 Å². The standard InChI is InChI=1S/C18H20BrN3O2/c1-12-8-10-22(11-16(12)23)17-15(3-2-9-20-17)18(24)21-14-6-4-13(19)5-7-14/h2-7,9,12,16,23H,8,10-11H2,1H3,(H,21,24). The van der Waals surface area contributed by atoms with Crippen LogP contribution in [0.15, 0.2) is 47.1 Å². The van der Waals surface area contributed by atoms with E-state index in [0.29, 0.717) is 17.9 Å². The van der Waals surface area contributed by atoms with Crippen LogP contribution in [-0.4, -0.2) is 35.2 Å². The number of pyridine rings is 1. The molecule has 1 amide bonds. The number of aliphatic hydroxyl groups is 1. The number of amides is 1. The van der Waals surface area contributed by atoms with Crippen LogP contribution in [0.25, 0.3) is 0 Å². The average Bonchev–Trinajstić information content (AvgIpc) is 2.59. The fourth-order valence-electron chi connectivity index (χ4n) is 2.80. The molecule has 1 aromatic carbocycles. The molecule has 3 rings (SSSR count). The molecule has 24 heavy (non-hydrogen) atoms. The van der Waals surface area contributed by atoms with Gasteiger partial charge in [-0.1, -0.05) is 22.9 Å². The minimum Gasteiger partial charge on any atom is -0.391 e. The van der Waals surface area contributed by atoms with Crippen LogP contribution in [0.1, 0.15) is 23.7 Å².